The van der Waals surface area contributed by atoms with Crippen molar-refractivity contribution in [3.05, 3.63) is 295 Å². The van der Waals surface area contributed by atoms with E-state index in [2.05, 4.69) is 332 Å². The van der Waals surface area contributed by atoms with E-state index in [1.807, 2.05) is 0 Å². The van der Waals surface area contributed by atoms with Gasteiger partial charge in [0.1, 0.15) is 0 Å². The summed E-state index contributed by atoms with van der Waals surface area (Å²) in [4.78, 5) is 0. The Bertz CT molecular complexity index is 5150. The van der Waals surface area contributed by atoms with E-state index >= 15 is 0 Å². The zero-order chi connectivity index (χ0) is 84.0. The van der Waals surface area contributed by atoms with Crippen LogP contribution in [0.4, 0.5) is 0 Å². The van der Waals surface area contributed by atoms with Crippen LogP contribution >= 0.6 is 31.9 Å². The van der Waals surface area contributed by atoms with Crippen molar-refractivity contribution in [1.29, 1.82) is 0 Å². The third-order valence-corrected chi connectivity index (χ3v) is 30.0. The van der Waals surface area contributed by atoms with E-state index in [0.717, 1.165) is 38.5 Å². The van der Waals surface area contributed by atoms with Crippen molar-refractivity contribution >= 4 is 31.9 Å². The van der Waals surface area contributed by atoms with Crippen LogP contribution in [-0.2, 0) is 41.9 Å². The minimum absolute atomic E-state index is 0.0899. The second-order valence-electron chi connectivity index (χ2n) is 36.3. The Labute approximate surface area is 747 Å². The average molecular weight is 1730 g/mol. The topological polar surface area (TPSA) is 0 Å². The molecular formula is C119H136Br2. The first-order chi connectivity index (χ1) is 59.4. The van der Waals surface area contributed by atoms with Gasteiger partial charge in [0.15, 0.2) is 0 Å². The normalized spacial score (nSPS) is 13.6. The third kappa shape index (κ3) is 17.1. The average Bonchev–Trinajstić information content (AvgIpc) is 1.61. The van der Waals surface area contributed by atoms with Gasteiger partial charge >= 0.3 is 0 Å². The summed E-state index contributed by atoms with van der Waals surface area (Å²) in [6.07, 6.45) is 40.2. The van der Waals surface area contributed by atoms with Gasteiger partial charge in [-0.05, 0) is 291 Å². The number of halogens is 2. The van der Waals surface area contributed by atoms with Gasteiger partial charge in [-0.3, -0.25) is 0 Å². The largest absolute Gasteiger partial charge is 0.0654 e. The van der Waals surface area contributed by atoms with Crippen molar-refractivity contribution in [3.63, 3.8) is 0 Å². The van der Waals surface area contributed by atoms with Crippen LogP contribution in [0.5, 0.6) is 0 Å². The number of fused-ring (bicyclic) bond motifs is 9. The maximum atomic E-state index is 4.08. The van der Waals surface area contributed by atoms with Crippen molar-refractivity contribution in [1.82, 2.24) is 0 Å². The van der Waals surface area contributed by atoms with E-state index in [9.17, 15) is 0 Å². The molecule has 0 amide bonds. The van der Waals surface area contributed by atoms with E-state index in [0.29, 0.717) is 0 Å². The molecule has 0 spiro atoms. The van der Waals surface area contributed by atoms with Gasteiger partial charge in [0, 0.05) is 25.2 Å². The van der Waals surface area contributed by atoms with Gasteiger partial charge in [0.05, 0.1) is 0 Å². The maximum Gasteiger partial charge on any atom is 0.0215 e. The molecule has 3 aliphatic rings. The monoisotopic (exact) mass is 1720 g/mol. The Morgan fingerprint density at radius 1 is 0.182 bits per heavy atom. The number of hydrogen-bond acceptors (Lipinski definition) is 0. The summed E-state index contributed by atoms with van der Waals surface area (Å²) >= 11 is 8.15. The van der Waals surface area contributed by atoms with Gasteiger partial charge in [-0.2, -0.15) is 0 Å². The first-order valence-corrected chi connectivity index (χ1v) is 49.9. The molecule has 0 N–H and O–H groups in total. The summed E-state index contributed by atoms with van der Waals surface area (Å²) in [6, 6.07) is 93.0. The molecule has 121 heavy (non-hydrogen) atoms. The summed E-state index contributed by atoms with van der Waals surface area (Å²) < 4.78 is 2.38. The highest BCUT2D eigenvalue weighted by molar-refractivity contribution is 9.10. The standard InChI is InChI=1S/C119H136Br2/c1-11-21-27-45-71-117(72-46-28-22-12-2)103-77-87(113-95(19-9)115(111(85-55-41-35-42-56-85)93(17-7)109(113)83-51-37-33-38-52-83)89-61-67-99-101-69-63-91(120)81-107(101)118(105(99)79-89,73-47-29-23-13-3)74-48-30-24-14-4)59-65-97(103)98-66-60-88(78-104(98)117)114-96(20-10)116(112(86-57-43-36-44-58-86)94(18-8)110(114)84-53-39-34-40-54-84)90-62-68-100-102-70-64-92(121)82-108(102)119(106(100)80-90,75-49-31-25-15-5)76-50-32-26-16-6/h33-44,51-70,77-82H,11-32,45-50,71-76H2,1-10H3. The molecule has 0 radical (unpaired) electrons. The van der Waals surface area contributed by atoms with Crippen LogP contribution in [0.25, 0.3) is 122 Å². The van der Waals surface area contributed by atoms with Crippen LogP contribution in [0.3, 0.4) is 0 Å². The molecule has 0 nitrogen and oxygen atoms in total. The van der Waals surface area contributed by atoms with Crippen molar-refractivity contribution < 1.29 is 0 Å². The fourth-order valence-electron chi connectivity index (χ4n) is 23.3. The first kappa shape index (κ1) is 87.5. The summed E-state index contributed by atoms with van der Waals surface area (Å²) in [7, 11) is 0. The van der Waals surface area contributed by atoms with E-state index in [1.54, 1.807) is 22.3 Å². The van der Waals surface area contributed by atoms with Crippen LogP contribution < -0.4 is 0 Å². The highest BCUT2D eigenvalue weighted by Crippen LogP contribution is 2.63. The lowest BCUT2D eigenvalue weighted by atomic mass is 9.68. The fourth-order valence-corrected chi connectivity index (χ4v) is 24.0. The van der Waals surface area contributed by atoms with Gasteiger partial charge in [-0.15, -0.1) is 0 Å². The van der Waals surface area contributed by atoms with Crippen LogP contribution in [0.15, 0.2) is 239 Å². The summed E-state index contributed by atoms with van der Waals surface area (Å²) in [6.45, 7) is 24.1. The Balaban J connectivity index is 0.994. The molecule has 12 aromatic carbocycles. The van der Waals surface area contributed by atoms with Crippen molar-refractivity contribution in [2.45, 2.75) is 304 Å². The maximum absolute atomic E-state index is 4.08. The molecule has 0 aromatic heterocycles. The number of unbranched alkanes of at least 4 members (excludes halogenated alkanes) is 18. The third-order valence-electron chi connectivity index (χ3n) is 29.0. The quantitative estimate of drug-likeness (QED) is 0.0335. The number of rotatable bonds is 42. The lowest BCUT2D eigenvalue weighted by Gasteiger charge is -2.35. The van der Waals surface area contributed by atoms with Gasteiger partial charge in [-0.1, -0.05) is 437 Å². The number of hydrogen-bond donors (Lipinski definition) is 0. The molecule has 15 rings (SSSR count). The molecule has 626 valence electrons. The summed E-state index contributed by atoms with van der Waals surface area (Å²) in [5.74, 6) is 0. The molecule has 3 aliphatic carbocycles. The van der Waals surface area contributed by atoms with Crippen molar-refractivity contribution in [3.8, 4) is 122 Å². The minimum Gasteiger partial charge on any atom is -0.0654 e. The Morgan fingerprint density at radius 2 is 0.364 bits per heavy atom. The second-order valence-corrected chi connectivity index (χ2v) is 38.2. The molecule has 0 bridgehead atoms. The van der Waals surface area contributed by atoms with Gasteiger partial charge in [0.2, 0.25) is 0 Å². The molecule has 0 unspecified atom stereocenters. The molecule has 0 saturated carbocycles. The lowest BCUT2D eigenvalue weighted by Crippen LogP contribution is -2.26. The van der Waals surface area contributed by atoms with E-state index in [-0.39, 0.29) is 16.2 Å². The predicted molar refractivity (Wildman–Crippen MR) is 534 cm³/mol. The highest BCUT2D eigenvalue weighted by atomic mass is 79.9. The Morgan fingerprint density at radius 3 is 0.554 bits per heavy atom. The second kappa shape index (κ2) is 40.5. The van der Waals surface area contributed by atoms with Gasteiger partial charge in [-0.25, -0.2) is 0 Å². The van der Waals surface area contributed by atoms with Gasteiger partial charge in [0.25, 0.3) is 0 Å². The fraction of sp³-hybridized carbons (Fsp3) is 0.395. The van der Waals surface area contributed by atoms with E-state index in [4.69, 9.17) is 0 Å². The minimum atomic E-state index is -0.249. The van der Waals surface area contributed by atoms with Crippen molar-refractivity contribution in [2.24, 2.45) is 0 Å². The molecule has 0 fully saturated rings. The first-order valence-electron chi connectivity index (χ1n) is 48.3. The highest BCUT2D eigenvalue weighted by Gasteiger charge is 2.47. The van der Waals surface area contributed by atoms with E-state index in [1.165, 1.54) is 345 Å². The molecule has 0 saturated heterocycles. The smallest absolute Gasteiger partial charge is 0.0215 e. The van der Waals surface area contributed by atoms with Crippen LogP contribution in [-0.4, -0.2) is 0 Å². The molecule has 12 aromatic rings. The summed E-state index contributed by atoms with van der Waals surface area (Å²) in [5, 5.41) is 0. The zero-order valence-electron chi connectivity index (χ0n) is 75.2. The van der Waals surface area contributed by atoms with Crippen LogP contribution in [0.1, 0.15) is 317 Å². The molecule has 2 heteroatoms. The molecule has 0 aliphatic heterocycles. The summed E-state index contributed by atoms with van der Waals surface area (Å²) in [5.41, 5.74) is 45.0. The van der Waals surface area contributed by atoms with Crippen LogP contribution in [0.2, 0.25) is 0 Å². The SMILES string of the molecule is CCCCCCC1(CCCCCC)c2cc(Br)ccc2-c2ccc(-c3c(CC)c(-c4ccc5c(c4)C(CCCCCC)(CCCCCC)c4cc(-c6c(CC)c(-c7ccc8c(c7)C(CCCCCC)(CCCCCC)c7cc(Br)ccc7-8)c(-c7ccccc7)c(CC)c6-c6ccccc6)ccc4-5)c(-c4ccccc4)c(CC)c3-c3ccccc3)cc21. The lowest BCUT2D eigenvalue weighted by molar-refractivity contribution is 0.401. The van der Waals surface area contributed by atoms with E-state index < -0.39 is 0 Å². The molecule has 0 atom stereocenters. The molecular weight excluding hydrogens is 1590 g/mol. The Hall–Kier alpha value is -8.40. The zero-order valence-corrected chi connectivity index (χ0v) is 78.4. The molecule has 0 heterocycles. The van der Waals surface area contributed by atoms with Crippen LogP contribution in [0, 0.1) is 0 Å². The predicted octanol–water partition coefficient (Wildman–Crippen LogP) is 37.4. The van der Waals surface area contributed by atoms with Crippen molar-refractivity contribution in [2.75, 3.05) is 0 Å². The Kier molecular flexibility index (Phi) is 29.3. The number of benzene rings is 12. The van der Waals surface area contributed by atoms with Gasteiger partial charge < -0.3 is 0 Å².